The molecule has 3 rings (SSSR count). The smallest absolute Gasteiger partial charge is 0.348 e. The summed E-state index contributed by atoms with van der Waals surface area (Å²) < 4.78 is 40.9. The van der Waals surface area contributed by atoms with Crippen molar-refractivity contribution in [2.24, 2.45) is 0 Å². The summed E-state index contributed by atoms with van der Waals surface area (Å²) in [7, 11) is 0. The number of benzene rings is 1. The minimum atomic E-state index is -4.45. The molecule has 0 spiro atoms. The SMILES string of the molecule is CCn1cc(C(=O)NCc2ccccc2C(F)(F)F)c2cccnc21. The van der Waals surface area contributed by atoms with Gasteiger partial charge in [0.1, 0.15) is 5.65 Å². The number of nitrogens with one attached hydrogen (secondary N) is 1. The maximum atomic E-state index is 13.0. The summed E-state index contributed by atoms with van der Waals surface area (Å²) in [6, 6.07) is 8.71. The lowest BCUT2D eigenvalue weighted by atomic mass is 10.1. The third-order valence-corrected chi connectivity index (χ3v) is 3.98. The molecule has 0 aliphatic rings. The molecule has 7 heteroatoms. The Kier molecular flexibility index (Phi) is 4.48. The quantitative estimate of drug-likeness (QED) is 0.775. The zero-order valence-corrected chi connectivity index (χ0v) is 13.5. The van der Waals surface area contributed by atoms with Crippen molar-refractivity contribution in [3.63, 3.8) is 0 Å². The Labute approximate surface area is 142 Å². The van der Waals surface area contributed by atoms with E-state index in [1.54, 1.807) is 24.5 Å². The van der Waals surface area contributed by atoms with E-state index in [4.69, 9.17) is 0 Å². The summed E-state index contributed by atoms with van der Waals surface area (Å²) in [4.78, 5) is 16.7. The third kappa shape index (κ3) is 3.35. The van der Waals surface area contributed by atoms with Gasteiger partial charge in [-0.25, -0.2) is 4.98 Å². The zero-order valence-electron chi connectivity index (χ0n) is 13.5. The molecule has 2 aromatic heterocycles. The monoisotopic (exact) mass is 347 g/mol. The Morgan fingerprint density at radius 1 is 1.20 bits per heavy atom. The van der Waals surface area contributed by atoms with Crippen molar-refractivity contribution in [1.29, 1.82) is 0 Å². The number of hydrogen-bond donors (Lipinski definition) is 1. The Hall–Kier alpha value is -2.83. The van der Waals surface area contributed by atoms with Crippen molar-refractivity contribution in [3.8, 4) is 0 Å². The number of halogens is 3. The van der Waals surface area contributed by atoms with E-state index in [2.05, 4.69) is 10.3 Å². The highest BCUT2D eigenvalue weighted by Gasteiger charge is 2.32. The molecule has 25 heavy (non-hydrogen) atoms. The Morgan fingerprint density at radius 2 is 1.96 bits per heavy atom. The van der Waals surface area contributed by atoms with E-state index in [-0.39, 0.29) is 12.1 Å². The van der Waals surface area contributed by atoms with Crippen LogP contribution in [0.3, 0.4) is 0 Å². The fraction of sp³-hybridized carbons (Fsp3) is 0.222. The molecule has 0 aliphatic carbocycles. The van der Waals surface area contributed by atoms with Gasteiger partial charge in [0.25, 0.3) is 5.91 Å². The topological polar surface area (TPSA) is 46.9 Å². The van der Waals surface area contributed by atoms with E-state index in [1.165, 1.54) is 18.2 Å². The van der Waals surface area contributed by atoms with Crippen molar-refractivity contribution < 1.29 is 18.0 Å². The van der Waals surface area contributed by atoms with E-state index in [0.29, 0.717) is 23.1 Å². The molecule has 0 saturated carbocycles. The maximum Gasteiger partial charge on any atom is 0.416 e. The first-order chi connectivity index (χ1) is 11.9. The van der Waals surface area contributed by atoms with Crippen LogP contribution in [-0.4, -0.2) is 15.5 Å². The number of pyridine rings is 1. The van der Waals surface area contributed by atoms with Gasteiger partial charge >= 0.3 is 6.18 Å². The molecule has 130 valence electrons. The second kappa shape index (κ2) is 6.58. The number of fused-ring (bicyclic) bond motifs is 1. The molecule has 1 amide bonds. The molecule has 0 aliphatic heterocycles. The fourth-order valence-electron chi connectivity index (χ4n) is 2.77. The number of carbonyl (C=O) groups is 1. The Balaban J connectivity index is 1.85. The van der Waals surface area contributed by atoms with Crippen LogP contribution < -0.4 is 5.32 Å². The number of aryl methyl sites for hydroxylation is 1. The van der Waals surface area contributed by atoms with Gasteiger partial charge in [-0.3, -0.25) is 4.79 Å². The lowest BCUT2D eigenvalue weighted by Crippen LogP contribution is -2.24. The lowest BCUT2D eigenvalue weighted by Gasteiger charge is -2.13. The molecule has 0 bridgehead atoms. The van der Waals surface area contributed by atoms with E-state index in [0.717, 1.165) is 6.07 Å². The van der Waals surface area contributed by atoms with Gasteiger partial charge in [-0.2, -0.15) is 13.2 Å². The molecule has 2 heterocycles. The minimum absolute atomic E-state index is 0.0284. The molecule has 1 N–H and O–H groups in total. The number of aromatic nitrogens is 2. The van der Waals surface area contributed by atoms with Crippen LogP contribution in [0.2, 0.25) is 0 Å². The van der Waals surface area contributed by atoms with Crippen LogP contribution in [0.4, 0.5) is 13.2 Å². The van der Waals surface area contributed by atoms with Gasteiger partial charge < -0.3 is 9.88 Å². The highest BCUT2D eigenvalue weighted by molar-refractivity contribution is 6.06. The van der Waals surface area contributed by atoms with Crippen LogP contribution >= 0.6 is 0 Å². The van der Waals surface area contributed by atoms with Crippen LogP contribution in [0.1, 0.15) is 28.4 Å². The molecule has 0 unspecified atom stereocenters. The van der Waals surface area contributed by atoms with Gasteiger partial charge in [-0.1, -0.05) is 18.2 Å². The minimum Gasteiger partial charge on any atom is -0.348 e. The van der Waals surface area contributed by atoms with Crippen molar-refractivity contribution >= 4 is 16.9 Å². The Morgan fingerprint density at radius 3 is 2.68 bits per heavy atom. The Bertz CT molecular complexity index is 915. The first kappa shape index (κ1) is 17.0. The van der Waals surface area contributed by atoms with Crippen LogP contribution in [0, 0.1) is 0 Å². The van der Waals surface area contributed by atoms with E-state index in [1.807, 2.05) is 11.5 Å². The summed E-state index contributed by atoms with van der Waals surface area (Å²) in [6.45, 7) is 2.36. The van der Waals surface area contributed by atoms with E-state index in [9.17, 15) is 18.0 Å². The largest absolute Gasteiger partial charge is 0.416 e. The molecule has 0 radical (unpaired) electrons. The second-order valence-corrected chi connectivity index (χ2v) is 5.54. The zero-order chi connectivity index (χ0) is 18.0. The van der Waals surface area contributed by atoms with Gasteiger partial charge in [0, 0.05) is 30.9 Å². The van der Waals surface area contributed by atoms with Crippen LogP contribution in [-0.2, 0) is 19.3 Å². The van der Waals surface area contributed by atoms with Crippen LogP contribution in [0.15, 0.2) is 48.8 Å². The number of rotatable bonds is 4. The third-order valence-electron chi connectivity index (χ3n) is 3.98. The number of amides is 1. The normalized spacial score (nSPS) is 11.7. The molecular weight excluding hydrogens is 331 g/mol. The van der Waals surface area contributed by atoms with Gasteiger partial charge in [-0.15, -0.1) is 0 Å². The number of alkyl halides is 3. The molecule has 4 nitrogen and oxygen atoms in total. The van der Waals surface area contributed by atoms with Crippen molar-refractivity contribution in [1.82, 2.24) is 14.9 Å². The van der Waals surface area contributed by atoms with Gasteiger partial charge in [0.15, 0.2) is 0 Å². The number of hydrogen-bond acceptors (Lipinski definition) is 2. The summed E-state index contributed by atoms with van der Waals surface area (Å²) in [5.74, 6) is -0.429. The molecule has 0 saturated heterocycles. The molecule has 3 aromatic rings. The van der Waals surface area contributed by atoms with Gasteiger partial charge in [0.2, 0.25) is 0 Å². The summed E-state index contributed by atoms with van der Waals surface area (Å²) in [6.07, 6.45) is -1.15. The molecular formula is C18H16F3N3O. The first-order valence-corrected chi connectivity index (χ1v) is 7.79. The van der Waals surface area contributed by atoms with Crippen LogP contribution in [0.5, 0.6) is 0 Å². The number of carbonyl (C=O) groups excluding carboxylic acids is 1. The molecule has 0 fully saturated rings. The fourth-order valence-corrected chi connectivity index (χ4v) is 2.77. The number of nitrogens with zero attached hydrogens (tertiary/aromatic N) is 2. The van der Waals surface area contributed by atoms with Crippen molar-refractivity contribution in [3.05, 3.63) is 65.5 Å². The predicted octanol–water partition coefficient (Wildman–Crippen LogP) is 4.01. The van der Waals surface area contributed by atoms with E-state index >= 15 is 0 Å². The summed E-state index contributed by atoms with van der Waals surface area (Å²) in [5, 5.41) is 3.25. The highest BCUT2D eigenvalue weighted by Crippen LogP contribution is 2.31. The lowest BCUT2D eigenvalue weighted by molar-refractivity contribution is -0.138. The predicted molar refractivity (Wildman–Crippen MR) is 88.0 cm³/mol. The van der Waals surface area contributed by atoms with Gasteiger partial charge in [-0.05, 0) is 30.7 Å². The second-order valence-electron chi connectivity index (χ2n) is 5.54. The van der Waals surface area contributed by atoms with E-state index < -0.39 is 17.6 Å². The first-order valence-electron chi connectivity index (χ1n) is 7.79. The van der Waals surface area contributed by atoms with Crippen molar-refractivity contribution in [2.45, 2.75) is 26.2 Å². The standard InChI is InChI=1S/C18H16F3N3O/c1-2-24-11-14(13-7-5-9-22-16(13)24)17(25)23-10-12-6-3-4-8-15(12)18(19,20)21/h3-9,11H,2,10H2,1H3,(H,23,25). The molecule has 1 aromatic carbocycles. The average Bonchev–Trinajstić information content (AvgIpc) is 2.98. The summed E-state index contributed by atoms with van der Waals surface area (Å²) >= 11 is 0. The maximum absolute atomic E-state index is 13.0. The summed E-state index contributed by atoms with van der Waals surface area (Å²) in [5.41, 5.74) is 0.355. The van der Waals surface area contributed by atoms with Crippen LogP contribution in [0.25, 0.3) is 11.0 Å². The average molecular weight is 347 g/mol. The highest BCUT2D eigenvalue weighted by atomic mass is 19.4. The van der Waals surface area contributed by atoms with Gasteiger partial charge in [0.05, 0.1) is 11.1 Å². The molecule has 0 atom stereocenters. The van der Waals surface area contributed by atoms with Crippen molar-refractivity contribution in [2.75, 3.05) is 0 Å².